The Hall–Kier alpha value is -0.610. The van der Waals surface area contributed by atoms with Crippen LogP contribution in [0.15, 0.2) is 0 Å². The monoisotopic (exact) mass is 214 g/mol. The Morgan fingerprint density at radius 1 is 1.60 bits per heavy atom. The summed E-state index contributed by atoms with van der Waals surface area (Å²) in [5.74, 6) is 0.317. The molecule has 0 saturated carbocycles. The highest BCUT2D eigenvalue weighted by atomic mass is 16.5. The summed E-state index contributed by atoms with van der Waals surface area (Å²) < 4.78 is 5.41. The Kier molecular flexibility index (Phi) is 4.11. The van der Waals surface area contributed by atoms with Gasteiger partial charge in [0, 0.05) is 12.1 Å². The molecule has 1 aliphatic heterocycles. The Labute approximate surface area is 91.5 Å². The lowest BCUT2D eigenvalue weighted by Crippen LogP contribution is -2.49. The fourth-order valence-electron chi connectivity index (χ4n) is 1.86. The minimum atomic E-state index is -0.276. The summed E-state index contributed by atoms with van der Waals surface area (Å²) in [6, 6.07) is 0. The third-order valence-corrected chi connectivity index (χ3v) is 2.88. The quantitative estimate of drug-likeness (QED) is 0.722. The Morgan fingerprint density at radius 3 is 2.73 bits per heavy atom. The van der Waals surface area contributed by atoms with E-state index in [2.05, 4.69) is 5.32 Å². The van der Waals surface area contributed by atoms with Gasteiger partial charge in [-0.05, 0) is 39.2 Å². The van der Waals surface area contributed by atoms with E-state index in [1.54, 1.807) is 0 Å². The normalized spacial score (nSPS) is 26.7. The summed E-state index contributed by atoms with van der Waals surface area (Å²) in [7, 11) is 0. The van der Waals surface area contributed by atoms with Crippen LogP contribution in [0.2, 0.25) is 0 Å². The molecule has 0 aromatic carbocycles. The van der Waals surface area contributed by atoms with Crippen molar-refractivity contribution in [2.75, 3.05) is 13.2 Å². The van der Waals surface area contributed by atoms with Crippen molar-refractivity contribution in [1.29, 1.82) is 0 Å². The molecule has 0 aromatic rings. The average molecular weight is 214 g/mol. The molecule has 3 N–H and O–H groups in total. The number of carbonyl (C=O) groups is 1. The van der Waals surface area contributed by atoms with Crippen molar-refractivity contribution in [2.45, 2.75) is 45.3 Å². The highest BCUT2D eigenvalue weighted by Crippen LogP contribution is 2.21. The molecule has 1 rings (SSSR count). The van der Waals surface area contributed by atoms with Gasteiger partial charge in [-0.25, -0.2) is 0 Å². The standard InChI is InChI=1S/C11H22N2O2/c1-8-4-7-15-9(8)10(14)13-11(2,3)5-6-12/h8-9H,4-7,12H2,1-3H3,(H,13,14). The topological polar surface area (TPSA) is 64.3 Å². The highest BCUT2D eigenvalue weighted by molar-refractivity contribution is 5.82. The number of hydrogen-bond acceptors (Lipinski definition) is 3. The molecule has 2 unspecified atom stereocenters. The number of nitrogens with two attached hydrogens (primary N) is 1. The second-order valence-electron chi connectivity index (χ2n) is 4.97. The summed E-state index contributed by atoms with van der Waals surface area (Å²) in [6.45, 7) is 7.28. The highest BCUT2D eigenvalue weighted by Gasteiger charge is 2.33. The van der Waals surface area contributed by atoms with Gasteiger partial charge < -0.3 is 15.8 Å². The maximum absolute atomic E-state index is 11.9. The van der Waals surface area contributed by atoms with Gasteiger partial charge in [-0.15, -0.1) is 0 Å². The van der Waals surface area contributed by atoms with E-state index in [1.807, 2.05) is 20.8 Å². The number of amides is 1. The maximum Gasteiger partial charge on any atom is 0.249 e. The minimum absolute atomic E-state index is 0.00144. The molecular formula is C11H22N2O2. The first-order chi connectivity index (χ1) is 6.96. The zero-order chi connectivity index (χ0) is 11.5. The van der Waals surface area contributed by atoms with E-state index in [0.717, 1.165) is 12.8 Å². The van der Waals surface area contributed by atoms with Crippen LogP contribution in [-0.4, -0.2) is 30.7 Å². The molecule has 4 heteroatoms. The van der Waals surface area contributed by atoms with E-state index < -0.39 is 0 Å². The van der Waals surface area contributed by atoms with E-state index in [-0.39, 0.29) is 17.6 Å². The second-order valence-corrected chi connectivity index (χ2v) is 4.97. The summed E-state index contributed by atoms with van der Waals surface area (Å²) >= 11 is 0. The lowest BCUT2D eigenvalue weighted by molar-refractivity contribution is -0.133. The molecule has 2 atom stereocenters. The predicted octanol–water partition coefficient (Wildman–Crippen LogP) is 0.655. The van der Waals surface area contributed by atoms with Gasteiger partial charge >= 0.3 is 0 Å². The van der Waals surface area contributed by atoms with E-state index in [0.29, 0.717) is 19.1 Å². The fraction of sp³-hybridized carbons (Fsp3) is 0.909. The maximum atomic E-state index is 11.9. The van der Waals surface area contributed by atoms with Crippen LogP contribution in [0.1, 0.15) is 33.6 Å². The zero-order valence-corrected chi connectivity index (χ0v) is 9.88. The van der Waals surface area contributed by atoms with Crippen molar-refractivity contribution in [3.8, 4) is 0 Å². The molecule has 88 valence electrons. The molecule has 0 aliphatic carbocycles. The van der Waals surface area contributed by atoms with Crippen LogP contribution in [0.4, 0.5) is 0 Å². The third kappa shape index (κ3) is 3.47. The molecule has 1 fully saturated rings. The molecule has 0 radical (unpaired) electrons. The zero-order valence-electron chi connectivity index (χ0n) is 9.88. The average Bonchev–Trinajstić information content (AvgIpc) is 2.50. The van der Waals surface area contributed by atoms with Crippen LogP contribution in [0, 0.1) is 5.92 Å². The largest absolute Gasteiger partial charge is 0.368 e. The number of ether oxygens (including phenoxy) is 1. The van der Waals surface area contributed by atoms with Crippen LogP contribution in [0.25, 0.3) is 0 Å². The molecule has 1 saturated heterocycles. The van der Waals surface area contributed by atoms with Gasteiger partial charge in [-0.3, -0.25) is 4.79 Å². The van der Waals surface area contributed by atoms with E-state index in [4.69, 9.17) is 10.5 Å². The molecule has 0 aromatic heterocycles. The summed E-state index contributed by atoms with van der Waals surface area (Å²) in [4.78, 5) is 11.9. The van der Waals surface area contributed by atoms with Gasteiger partial charge in [0.05, 0.1) is 0 Å². The Balaban J connectivity index is 2.47. The van der Waals surface area contributed by atoms with Gasteiger partial charge in [0.1, 0.15) is 6.10 Å². The van der Waals surface area contributed by atoms with Crippen molar-refractivity contribution < 1.29 is 9.53 Å². The first-order valence-electron chi connectivity index (χ1n) is 5.60. The SMILES string of the molecule is CC1CCOC1C(=O)NC(C)(C)CCN. The Morgan fingerprint density at radius 2 is 2.27 bits per heavy atom. The van der Waals surface area contributed by atoms with Gasteiger partial charge in [0.25, 0.3) is 0 Å². The van der Waals surface area contributed by atoms with Crippen molar-refractivity contribution in [3.05, 3.63) is 0 Å². The first-order valence-corrected chi connectivity index (χ1v) is 5.60. The molecule has 15 heavy (non-hydrogen) atoms. The van der Waals surface area contributed by atoms with E-state index in [1.165, 1.54) is 0 Å². The van der Waals surface area contributed by atoms with Gasteiger partial charge in [-0.1, -0.05) is 6.92 Å². The Bertz CT molecular complexity index is 229. The first kappa shape index (κ1) is 12.5. The van der Waals surface area contributed by atoms with Crippen molar-refractivity contribution in [3.63, 3.8) is 0 Å². The van der Waals surface area contributed by atoms with Crippen LogP contribution < -0.4 is 11.1 Å². The molecule has 1 heterocycles. The van der Waals surface area contributed by atoms with E-state index in [9.17, 15) is 4.79 Å². The number of carbonyl (C=O) groups excluding carboxylic acids is 1. The third-order valence-electron chi connectivity index (χ3n) is 2.88. The van der Waals surface area contributed by atoms with E-state index >= 15 is 0 Å². The molecular weight excluding hydrogens is 192 g/mol. The van der Waals surface area contributed by atoms with Gasteiger partial charge in [-0.2, -0.15) is 0 Å². The summed E-state index contributed by atoms with van der Waals surface area (Å²) in [6.07, 6.45) is 1.47. The predicted molar refractivity (Wildman–Crippen MR) is 59.4 cm³/mol. The van der Waals surface area contributed by atoms with Crippen molar-refractivity contribution in [1.82, 2.24) is 5.32 Å². The van der Waals surface area contributed by atoms with Gasteiger partial charge in [0.15, 0.2) is 0 Å². The lowest BCUT2D eigenvalue weighted by atomic mass is 9.98. The summed E-state index contributed by atoms with van der Waals surface area (Å²) in [5, 5.41) is 2.99. The van der Waals surface area contributed by atoms with Crippen molar-refractivity contribution >= 4 is 5.91 Å². The molecule has 4 nitrogen and oxygen atoms in total. The van der Waals surface area contributed by atoms with Crippen LogP contribution in [0.5, 0.6) is 0 Å². The minimum Gasteiger partial charge on any atom is -0.368 e. The molecule has 1 aliphatic rings. The van der Waals surface area contributed by atoms with Gasteiger partial charge in [0.2, 0.25) is 5.91 Å². The smallest absolute Gasteiger partial charge is 0.249 e. The van der Waals surface area contributed by atoms with Crippen LogP contribution in [-0.2, 0) is 9.53 Å². The molecule has 1 amide bonds. The second kappa shape index (κ2) is 4.94. The summed E-state index contributed by atoms with van der Waals surface area (Å²) in [5.41, 5.74) is 5.25. The number of nitrogens with one attached hydrogen (secondary N) is 1. The molecule has 0 bridgehead atoms. The number of rotatable bonds is 4. The molecule has 0 spiro atoms. The lowest BCUT2D eigenvalue weighted by Gasteiger charge is -2.28. The fourth-order valence-corrected chi connectivity index (χ4v) is 1.86. The van der Waals surface area contributed by atoms with Crippen LogP contribution in [0.3, 0.4) is 0 Å². The number of hydrogen-bond donors (Lipinski definition) is 2. The van der Waals surface area contributed by atoms with Crippen LogP contribution >= 0.6 is 0 Å². The van der Waals surface area contributed by atoms with Crippen molar-refractivity contribution in [2.24, 2.45) is 11.7 Å².